The zero-order valence-electron chi connectivity index (χ0n) is 23.4. The van der Waals surface area contributed by atoms with E-state index in [1.807, 2.05) is 6.92 Å². The van der Waals surface area contributed by atoms with E-state index >= 15 is 0 Å². The third kappa shape index (κ3) is 3.78. The Morgan fingerprint density at radius 2 is 1.81 bits per heavy atom. The van der Waals surface area contributed by atoms with Crippen LogP contribution >= 0.6 is 0 Å². The highest BCUT2D eigenvalue weighted by atomic mass is 16.6. The molecule has 0 heterocycles. The first kappa shape index (κ1) is 27.5. The van der Waals surface area contributed by atoms with E-state index in [0.717, 1.165) is 42.4 Å². The van der Waals surface area contributed by atoms with Crippen molar-refractivity contribution in [1.29, 1.82) is 0 Å². The van der Waals surface area contributed by atoms with E-state index in [0.29, 0.717) is 24.3 Å². The lowest BCUT2D eigenvalue weighted by atomic mass is 9.40. The number of rotatable bonds is 5. The molecule has 0 aromatic heterocycles. The Hall–Kier alpha value is -2.57. The highest BCUT2D eigenvalue weighted by molar-refractivity contribution is 5.74. The molecule has 1 aromatic carbocycles. The van der Waals surface area contributed by atoms with Crippen molar-refractivity contribution < 1.29 is 25.0 Å². The second-order valence-corrected chi connectivity index (χ2v) is 13.2. The minimum atomic E-state index is -0.752. The van der Waals surface area contributed by atoms with Crippen LogP contribution in [0.4, 0.5) is 0 Å². The first-order valence-electron chi connectivity index (χ1n) is 13.7. The number of allylic oxidation sites excluding steroid dienone is 1. The number of phenols is 2. The SMILES string of the molecule is CC[C@]1(C)C2=C[C@@H](C[N+](=O)[O-])c3c(cc(O)c(O)c3C)[C@]2(C)CC[C@@]1(C)[C@@H]1C[C@](C)(C(=O)O)CC[C@H]1C. The summed E-state index contributed by atoms with van der Waals surface area (Å²) in [5.74, 6) is -1.07. The van der Waals surface area contributed by atoms with Crippen molar-refractivity contribution in [2.24, 2.45) is 28.1 Å². The summed E-state index contributed by atoms with van der Waals surface area (Å²) in [5, 5.41) is 43.0. The number of carbonyl (C=O) groups is 1. The number of fused-ring (bicyclic) bond motifs is 3. The van der Waals surface area contributed by atoms with Gasteiger partial charge in [-0.2, -0.15) is 0 Å². The summed E-state index contributed by atoms with van der Waals surface area (Å²) in [5.41, 5.74) is 1.56. The highest BCUT2D eigenvalue weighted by Gasteiger charge is 2.62. The molecule has 7 heteroatoms. The lowest BCUT2D eigenvalue weighted by Gasteiger charge is -2.64. The fourth-order valence-electron chi connectivity index (χ4n) is 8.58. The molecule has 0 amide bonds. The average molecular weight is 514 g/mol. The molecule has 7 atom stereocenters. The molecule has 7 nitrogen and oxygen atoms in total. The number of aromatic hydroxyl groups is 2. The van der Waals surface area contributed by atoms with Gasteiger partial charge in [0, 0.05) is 10.3 Å². The Kier molecular flexibility index (Phi) is 6.49. The van der Waals surface area contributed by atoms with Crippen molar-refractivity contribution in [3.8, 4) is 11.5 Å². The molecule has 204 valence electrons. The van der Waals surface area contributed by atoms with Gasteiger partial charge in [-0.05, 0) is 97.8 Å². The predicted molar refractivity (Wildman–Crippen MR) is 143 cm³/mol. The van der Waals surface area contributed by atoms with Crippen LogP contribution in [-0.4, -0.2) is 32.8 Å². The average Bonchev–Trinajstić information content (AvgIpc) is 2.82. The Bertz CT molecular complexity index is 1180. The van der Waals surface area contributed by atoms with Crippen LogP contribution < -0.4 is 0 Å². The quantitative estimate of drug-likeness (QED) is 0.174. The van der Waals surface area contributed by atoms with Gasteiger partial charge in [0.25, 0.3) is 0 Å². The van der Waals surface area contributed by atoms with Gasteiger partial charge in [0.15, 0.2) is 11.5 Å². The maximum Gasteiger partial charge on any atom is 0.309 e. The number of phenolic OH excluding ortho intramolecular Hbond substituents is 2. The second-order valence-electron chi connectivity index (χ2n) is 13.2. The molecule has 0 unspecified atom stereocenters. The van der Waals surface area contributed by atoms with Gasteiger partial charge in [-0.25, -0.2) is 0 Å². The van der Waals surface area contributed by atoms with Crippen molar-refractivity contribution in [2.45, 2.75) is 98.3 Å². The van der Waals surface area contributed by atoms with Crippen LogP contribution in [0.1, 0.15) is 103 Å². The molecule has 3 N–H and O–H groups in total. The first-order valence-corrected chi connectivity index (χ1v) is 13.7. The van der Waals surface area contributed by atoms with Gasteiger partial charge >= 0.3 is 5.97 Å². The van der Waals surface area contributed by atoms with Crippen LogP contribution in [-0.2, 0) is 10.2 Å². The van der Waals surface area contributed by atoms with Gasteiger partial charge in [-0.3, -0.25) is 14.9 Å². The van der Waals surface area contributed by atoms with Crippen LogP contribution in [0.2, 0.25) is 0 Å². The first-order chi connectivity index (χ1) is 17.1. The third-order valence-electron chi connectivity index (χ3n) is 11.4. The molecule has 37 heavy (non-hydrogen) atoms. The molecular formula is C30H43NO6. The molecule has 0 radical (unpaired) electrons. The number of carboxylic acid groups (broad SMARTS) is 1. The van der Waals surface area contributed by atoms with Crippen LogP contribution in [0.5, 0.6) is 11.5 Å². The van der Waals surface area contributed by atoms with E-state index in [9.17, 15) is 30.2 Å². The normalized spacial score (nSPS) is 39.3. The number of benzene rings is 1. The number of hydrogen-bond acceptors (Lipinski definition) is 5. The Balaban J connectivity index is 1.93. The molecule has 0 spiro atoms. The zero-order valence-corrected chi connectivity index (χ0v) is 23.4. The van der Waals surface area contributed by atoms with Crippen molar-refractivity contribution in [1.82, 2.24) is 0 Å². The van der Waals surface area contributed by atoms with E-state index in [1.165, 1.54) is 0 Å². The Labute approximate surface area is 220 Å². The zero-order chi connectivity index (χ0) is 27.7. The number of nitrogens with zero attached hydrogens (tertiary/aromatic N) is 1. The molecule has 1 aromatic rings. The lowest BCUT2D eigenvalue weighted by Crippen LogP contribution is -2.57. The van der Waals surface area contributed by atoms with Gasteiger partial charge in [0.1, 0.15) is 0 Å². The summed E-state index contributed by atoms with van der Waals surface area (Å²) in [6, 6.07) is 1.63. The molecule has 0 bridgehead atoms. The minimum absolute atomic E-state index is 0.191. The van der Waals surface area contributed by atoms with Gasteiger partial charge in [0.05, 0.1) is 11.3 Å². The topological polar surface area (TPSA) is 121 Å². The molecule has 0 aliphatic heterocycles. The maximum atomic E-state index is 12.3. The van der Waals surface area contributed by atoms with Crippen LogP contribution in [0, 0.1) is 45.1 Å². The molecule has 3 aliphatic carbocycles. The fourth-order valence-corrected chi connectivity index (χ4v) is 8.58. The molecule has 3 aliphatic rings. The van der Waals surface area contributed by atoms with E-state index in [-0.39, 0.29) is 39.7 Å². The number of hydrogen-bond donors (Lipinski definition) is 3. The molecule has 0 saturated heterocycles. The standard InChI is InChI=1S/C30H43NO6/c1-8-29(6)23-13-19(16-31(36)37)24-18(3)25(33)22(32)14-20(24)28(23,5)11-12-30(29,7)21-15-27(4,26(34)35)10-9-17(21)2/h13-14,17,19,21,32-33H,8-12,15-16H2,1-7H3,(H,34,35)/t17-,19+,21-,27-,28+,29-,30+/m1/s1. The number of aliphatic carboxylic acids is 1. The van der Waals surface area contributed by atoms with Crippen molar-refractivity contribution >= 4 is 5.97 Å². The summed E-state index contributed by atoms with van der Waals surface area (Å²) in [7, 11) is 0. The van der Waals surface area contributed by atoms with E-state index in [4.69, 9.17) is 0 Å². The minimum Gasteiger partial charge on any atom is -0.504 e. The monoisotopic (exact) mass is 513 g/mol. The van der Waals surface area contributed by atoms with Crippen molar-refractivity contribution in [2.75, 3.05) is 6.54 Å². The number of nitro groups is 1. The molecular weight excluding hydrogens is 470 g/mol. The summed E-state index contributed by atoms with van der Waals surface area (Å²) in [4.78, 5) is 23.8. The predicted octanol–water partition coefficient (Wildman–Crippen LogP) is 6.71. The summed E-state index contributed by atoms with van der Waals surface area (Å²) in [6.07, 6.45) is 6.77. The Morgan fingerprint density at radius 3 is 2.38 bits per heavy atom. The van der Waals surface area contributed by atoms with Gasteiger partial charge in [0.2, 0.25) is 6.54 Å². The molecule has 2 saturated carbocycles. The van der Waals surface area contributed by atoms with Crippen molar-refractivity contribution in [3.05, 3.63) is 44.5 Å². The highest BCUT2D eigenvalue weighted by Crippen LogP contribution is 2.69. The van der Waals surface area contributed by atoms with E-state index < -0.39 is 22.7 Å². The van der Waals surface area contributed by atoms with Crippen LogP contribution in [0.25, 0.3) is 0 Å². The summed E-state index contributed by atoms with van der Waals surface area (Å²) < 4.78 is 0. The largest absolute Gasteiger partial charge is 0.504 e. The number of carboxylic acids is 1. The Morgan fingerprint density at radius 1 is 1.16 bits per heavy atom. The van der Waals surface area contributed by atoms with Gasteiger partial charge in [-0.1, -0.05) is 46.3 Å². The van der Waals surface area contributed by atoms with Gasteiger partial charge < -0.3 is 15.3 Å². The molecule has 4 rings (SSSR count). The second kappa shape index (κ2) is 8.74. The lowest BCUT2D eigenvalue weighted by molar-refractivity contribution is -0.481. The van der Waals surface area contributed by atoms with E-state index in [2.05, 4.69) is 40.7 Å². The van der Waals surface area contributed by atoms with Crippen LogP contribution in [0.15, 0.2) is 17.7 Å². The van der Waals surface area contributed by atoms with Crippen LogP contribution in [0.3, 0.4) is 0 Å². The molecule has 2 fully saturated rings. The summed E-state index contributed by atoms with van der Waals surface area (Å²) >= 11 is 0. The van der Waals surface area contributed by atoms with E-state index in [1.54, 1.807) is 13.0 Å². The van der Waals surface area contributed by atoms with Crippen molar-refractivity contribution in [3.63, 3.8) is 0 Å². The third-order valence-corrected chi connectivity index (χ3v) is 11.4. The fraction of sp³-hybridized carbons (Fsp3) is 0.700. The summed E-state index contributed by atoms with van der Waals surface area (Å²) in [6.45, 7) is 14.5. The van der Waals surface area contributed by atoms with Gasteiger partial charge in [-0.15, -0.1) is 0 Å². The smallest absolute Gasteiger partial charge is 0.309 e. The maximum absolute atomic E-state index is 12.3.